The first kappa shape index (κ1) is 18.0. The van der Waals surface area contributed by atoms with Crippen LogP contribution in [0.15, 0.2) is 18.2 Å². The number of hydrogen-bond acceptors (Lipinski definition) is 2. The highest BCUT2D eigenvalue weighted by Gasteiger charge is 2.24. The molecule has 0 heterocycles. The fraction of sp³-hybridized carbons (Fsp3) is 0.667. The van der Waals surface area contributed by atoms with Crippen LogP contribution in [-0.4, -0.2) is 20.2 Å². The van der Waals surface area contributed by atoms with Crippen molar-refractivity contribution in [3.8, 4) is 5.75 Å². The van der Waals surface area contributed by atoms with E-state index in [0.717, 1.165) is 37.9 Å². The quantitative estimate of drug-likeness (QED) is 0.727. The standard InChI is InChI=1S/C18H30FNO/c1-6-9-18(4,13-20-12-14(2)3)11-15-7-8-17(21-5)16(19)10-15/h7-8,10,14,20H,6,9,11-13H2,1-5H3. The van der Waals surface area contributed by atoms with Crippen LogP contribution in [0.5, 0.6) is 5.75 Å². The van der Waals surface area contributed by atoms with Crippen molar-refractivity contribution in [3.63, 3.8) is 0 Å². The lowest BCUT2D eigenvalue weighted by Crippen LogP contribution is -2.35. The normalized spacial score (nSPS) is 14.2. The van der Waals surface area contributed by atoms with E-state index < -0.39 is 0 Å². The summed E-state index contributed by atoms with van der Waals surface area (Å²) in [5.41, 5.74) is 1.19. The summed E-state index contributed by atoms with van der Waals surface area (Å²) in [4.78, 5) is 0. The van der Waals surface area contributed by atoms with Gasteiger partial charge in [0.15, 0.2) is 11.6 Å². The summed E-state index contributed by atoms with van der Waals surface area (Å²) in [6.45, 7) is 10.9. The topological polar surface area (TPSA) is 21.3 Å². The molecule has 21 heavy (non-hydrogen) atoms. The fourth-order valence-electron chi connectivity index (χ4n) is 2.82. The molecule has 1 rings (SSSR count). The van der Waals surface area contributed by atoms with Crippen molar-refractivity contribution < 1.29 is 9.13 Å². The Morgan fingerprint density at radius 2 is 2.05 bits per heavy atom. The summed E-state index contributed by atoms with van der Waals surface area (Å²) in [5, 5.41) is 3.55. The summed E-state index contributed by atoms with van der Waals surface area (Å²) in [7, 11) is 1.50. The van der Waals surface area contributed by atoms with Gasteiger partial charge in [-0.15, -0.1) is 0 Å². The predicted molar refractivity (Wildman–Crippen MR) is 87.4 cm³/mol. The van der Waals surface area contributed by atoms with Gasteiger partial charge in [-0.05, 0) is 48.4 Å². The van der Waals surface area contributed by atoms with Crippen LogP contribution in [-0.2, 0) is 6.42 Å². The third-order valence-corrected chi connectivity index (χ3v) is 3.81. The lowest BCUT2D eigenvalue weighted by atomic mass is 9.79. The summed E-state index contributed by atoms with van der Waals surface area (Å²) in [6.07, 6.45) is 3.15. The molecule has 120 valence electrons. The van der Waals surface area contributed by atoms with Crippen molar-refractivity contribution in [3.05, 3.63) is 29.6 Å². The Morgan fingerprint density at radius 3 is 2.57 bits per heavy atom. The monoisotopic (exact) mass is 295 g/mol. The van der Waals surface area contributed by atoms with E-state index in [1.54, 1.807) is 12.1 Å². The molecule has 0 aliphatic rings. The van der Waals surface area contributed by atoms with Crippen molar-refractivity contribution in [2.75, 3.05) is 20.2 Å². The molecule has 1 atom stereocenters. The van der Waals surface area contributed by atoms with Crippen molar-refractivity contribution in [1.82, 2.24) is 5.32 Å². The van der Waals surface area contributed by atoms with E-state index >= 15 is 0 Å². The molecule has 0 aliphatic carbocycles. The lowest BCUT2D eigenvalue weighted by molar-refractivity contribution is 0.270. The molecule has 0 aromatic heterocycles. The second kappa shape index (κ2) is 8.38. The molecule has 0 radical (unpaired) electrons. The van der Waals surface area contributed by atoms with Gasteiger partial charge in [0.05, 0.1) is 7.11 Å². The first-order valence-corrected chi connectivity index (χ1v) is 7.93. The maximum atomic E-state index is 13.8. The van der Waals surface area contributed by atoms with Gasteiger partial charge in [-0.3, -0.25) is 0 Å². The minimum absolute atomic E-state index is 0.157. The molecule has 0 spiro atoms. The van der Waals surface area contributed by atoms with E-state index in [-0.39, 0.29) is 11.2 Å². The maximum Gasteiger partial charge on any atom is 0.165 e. The zero-order valence-corrected chi connectivity index (χ0v) is 14.1. The Morgan fingerprint density at radius 1 is 1.33 bits per heavy atom. The zero-order chi connectivity index (χ0) is 15.9. The number of benzene rings is 1. The van der Waals surface area contributed by atoms with E-state index in [0.29, 0.717) is 11.7 Å². The van der Waals surface area contributed by atoms with Gasteiger partial charge in [0.25, 0.3) is 0 Å². The number of methoxy groups -OCH3 is 1. The molecule has 3 heteroatoms. The molecule has 1 unspecified atom stereocenters. The number of halogens is 1. The summed E-state index contributed by atoms with van der Waals surface area (Å²) in [6, 6.07) is 5.30. The second-order valence-electron chi connectivity index (χ2n) is 6.73. The highest BCUT2D eigenvalue weighted by molar-refractivity contribution is 5.29. The summed E-state index contributed by atoms with van der Waals surface area (Å²) in [5.74, 6) is 0.687. The number of ether oxygens (including phenoxy) is 1. The van der Waals surface area contributed by atoms with Crippen LogP contribution in [0.1, 0.15) is 46.1 Å². The van der Waals surface area contributed by atoms with Gasteiger partial charge in [-0.2, -0.15) is 0 Å². The number of rotatable bonds is 9. The Labute approximate surface area is 129 Å². The highest BCUT2D eigenvalue weighted by Crippen LogP contribution is 2.29. The average Bonchev–Trinajstić information content (AvgIpc) is 2.38. The van der Waals surface area contributed by atoms with Crippen LogP contribution >= 0.6 is 0 Å². The lowest BCUT2D eigenvalue weighted by Gasteiger charge is -2.30. The Bertz CT molecular complexity index is 433. The van der Waals surface area contributed by atoms with Crippen molar-refractivity contribution in [2.24, 2.45) is 11.3 Å². The molecular formula is C18H30FNO. The van der Waals surface area contributed by atoms with Crippen molar-refractivity contribution in [2.45, 2.75) is 47.0 Å². The molecule has 0 aliphatic heterocycles. The molecule has 0 amide bonds. The third kappa shape index (κ3) is 6.04. The van der Waals surface area contributed by atoms with Crippen LogP contribution in [0, 0.1) is 17.2 Å². The Balaban J connectivity index is 2.74. The Hall–Kier alpha value is -1.09. The third-order valence-electron chi connectivity index (χ3n) is 3.81. The smallest absolute Gasteiger partial charge is 0.165 e. The summed E-state index contributed by atoms with van der Waals surface area (Å²) < 4.78 is 18.8. The average molecular weight is 295 g/mol. The fourth-order valence-corrected chi connectivity index (χ4v) is 2.82. The van der Waals surface area contributed by atoms with Gasteiger partial charge in [0.2, 0.25) is 0 Å². The van der Waals surface area contributed by atoms with Gasteiger partial charge >= 0.3 is 0 Å². The van der Waals surface area contributed by atoms with E-state index in [2.05, 4.69) is 33.0 Å². The van der Waals surface area contributed by atoms with Gasteiger partial charge in [0.1, 0.15) is 0 Å². The first-order valence-electron chi connectivity index (χ1n) is 7.93. The van der Waals surface area contributed by atoms with E-state index in [9.17, 15) is 4.39 Å². The largest absolute Gasteiger partial charge is 0.494 e. The maximum absolute atomic E-state index is 13.8. The molecule has 0 saturated carbocycles. The van der Waals surface area contributed by atoms with Crippen molar-refractivity contribution in [1.29, 1.82) is 0 Å². The van der Waals surface area contributed by atoms with Crippen LogP contribution in [0.25, 0.3) is 0 Å². The minimum atomic E-state index is -0.274. The van der Waals surface area contributed by atoms with Gasteiger partial charge in [-0.1, -0.05) is 40.2 Å². The molecule has 1 aromatic rings. The number of nitrogens with one attached hydrogen (secondary N) is 1. The predicted octanol–water partition coefficient (Wildman–Crippen LogP) is 4.43. The van der Waals surface area contributed by atoms with Crippen LogP contribution < -0.4 is 10.1 Å². The molecule has 0 saturated heterocycles. The van der Waals surface area contributed by atoms with Crippen LogP contribution in [0.2, 0.25) is 0 Å². The Kier molecular flexibility index (Phi) is 7.16. The molecular weight excluding hydrogens is 265 g/mol. The second-order valence-corrected chi connectivity index (χ2v) is 6.73. The SMILES string of the molecule is CCCC(C)(CNCC(C)C)Cc1ccc(OC)c(F)c1. The van der Waals surface area contributed by atoms with Crippen LogP contribution in [0.4, 0.5) is 4.39 Å². The molecule has 2 nitrogen and oxygen atoms in total. The van der Waals surface area contributed by atoms with E-state index in [4.69, 9.17) is 4.74 Å². The molecule has 1 aromatic carbocycles. The minimum Gasteiger partial charge on any atom is -0.494 e. The van der Waals surface area contributed by atoms with Gasteiger partial charge < -0.3 is 10.1 Å². The van der Waals surface area contributed by atoms with E-state index in [1.807, 2.05) is 6.07 Å². The zero-order valence-electron chi connectivity index (χ0n) is 14.1. The first-order chi connectivity index (χ1) is 9.90. The van der Waals surface area contributed by atoms with Gasteiger partial charge in [0, 0.05) is 6.54 Å². The molecule has 0 bridgehead atoms. The molecule has 0 fully saturated rings. The van der Waals surface area contributed by atoms with Gasteiger partial charge in [-0.25, -0.2) is 4.39 Å². The number of hydrogen-bond donors (Lipinski definition) is 1. The van der Waals surface area contributed by atoms with E-state index in [1.165, 1.54) is 7.11 Å². The van der Waals surface area contributed by atoms with Crippen molar-refractivity contribution >= 4 is 0 Å². The van der Waals surface area contributed by atoms with Crippen LogP contribution in [0.3, 0.4) is 0 Å². The summed E-state index contributed by atoms with van der Waals surface area (Å²) >= 11 is 0. The highest BCUT2D eigenvalue weighted by atomic mass is 19.1. The molecule has 1 N–H and O–H groups in total.